The number of fused-ring (bicyclic) bond motifs is 1. The summed E-state index contributed by atoms with van der Waals surface area (Å²) in [5, 5.41) is 3.41. The standard InChI is InChI=1S/C13H17N5O2/c1-20-13(19)8-2-4-9(5-3-8)18-12-10-11(15-6-14-10)16-7-17-12/h6-9H,2-5H2,1H3,(H2,14,15,16,17,18). The first-order chi connectivity index (χ1) is 9.78. The molecule has 2 N–H and O–H groups in total. The second kappa shape index (κ2) is 5.44. The fourth-order valence-electron chi connectivity index (χ4n) is 2.71. The van der Waals surface area contributed by atoms with Crippen molar-refractivity contribution in [1.29, 1.82) is 0 Å². The summed E-state index contributed by atoms with van der Waals surface area (Å²) in [6.07, 6.45) is 6.67. The highest BCUT2D eigenvalue weighted by molar-refractivity contribution is 5.82. The predicted molar refractivity (Wildman–Crippen MR) is 73.1 cm³/mol. The molecule has 2 aromatic rings. The second-order valence-electron chi connectivity index (χ2n) is 5.04. The van der Waals surface area contributed by atoms with Crippen molar-refractivity contribution in [3.05, 3.63) is 12.7 Å². The molecule has 1 fully saturated rings. The van der Waals surface area contributed by atoms with Crippen LogP contribution in [0.4, 0.5) is 5.82 Å². The number of rotatable bonds is 3. The summed E-state index contributed by atoms with van der Waals surface area (Å²) in [7, 11) is 1.45. The monoisotopic (exact) mass is 275 g/mol. The number of imidazole rings is 1. The Morgan fingerprint density at radius 1 is 1.30 bits per heavy atom. The van der Waals surface area contributed by atoms with Crippen molar-refractivity contribution < 1.29 is 9.53 Å². The Bertz CT molecular complexity index is 604. The number of ether oxygens (including phenoxy) is 1. The van der Waals surface area contributed by atoms with Gasteiger partial charge in [-0.05, 0) is 25.7 Å². The minimum atomic E-state index is -0.0959. The van der Waals surface area contributed by atoms with E-state index in [9.17, 15) is 4.79 Å². The quantitative estimate of drug-likeness (QED) is 0.824. The molecule has 2 heterocycles. The third-order valence-corrected chi connectivity index (χ3v) is 3.83. The van der Waals surface area contributed by atoms with Gasteiger partial charge >= 0.3 is 5.97 Å². The highest BCUT2D eigenvalue weighted by Crippen LogP contribution is 2.28. The van der Waals surface area contributed by atoms with Crippen LogP contribution in [0.25, 0.3) is 11.2 Å². The molecule has 1 aliphatic carbocycles. The Labute approximate surface area is 116 Å². The number of anilines is 1. The van der Waals surface area contributed by atoms with Crippen molar-refractivity contribution in [3.8, 4) is 0 Å². The smallest absolute Gasteiger partial charge is 0.308 e. The van der Waals surface area contributed by atoms with E-state index in [2.05, 4.69) is 25.3 Å². The number of esters is 1. The van der Waals surface area contributed by atoms with E-state index in [1.165, 1.54) is 13.4 Å². The molecule has 0 aromatic carbocycles. The third kappa shape index (κ3) is 2.43. The Morgan fingerprint density at radius 3 is 2.85 bits per heavy atom. The molecule has 3 rings (SSSR count). The maximum atomic E-state index is 11.5. The number of methoxy groups -OCH3 is 1. The highest BCUT2D eigenvalue weighted by atomic mass is 16.5. The molecule has 0 atom stereocenters. The van der Waals surface area contributed by atoms with E-state index in [0.717, 1.165) is 37.0 Å². The third-order valence-electron chi connectivity index (χ3n) is 3.83. The van der Waals surface area contributed by atoms with Crippen molar-refractivity contribution in [2.24, 2.45) is 5.92 Å². The molecule has 0 spiro atoms. The molecule has 20 heavy (non-hydrogen) atoms. The van der Waals surface area contributed by atoms with Crippen molar-refractivity contribution in [3.63, 3.8) is 0 Å². The zero-order valence-electron chi connectivity index (χ0n) is 11.3. The van der Waals surface area contributed by atoms with Crippen LogP contribution in [-0.4, -0.2) is 39.1 Å². The van der Waals surface area contributed by atoms with Gasteiger partial charge in [0.2, 0.25) is 0 Å². The molecule has 2 aromatic heterocycles. The van der Waals surface area contributed by atoms with Gasteiger partial charge in [0.1, 0.15) is 11.8 Å². The number of aromatic nitrogens is 4. The van der Waals surface area contributed by atoms with Crippen LogP contribution in [-0.2, 0) is 9.53 Å². The first-order valence-corrected chi connectivity index (χ1v) is 6.76. The molecule has 7 heteroatoms. The van der Waals surface area contributed by atoms with Crippen LogP contribution in [0.15, 0.2) is 12.7 Å². The first-order valence-electron chi connectivity index (χ1n) is 6.76. The van der Waals surface area contributed by atoms with Crippen LogP contribution in [0.5, 0.6) is 0 Å². The normalized spacial score (nSPS) is 22.6. The summed E-state index contributed by atoms with van der Waals surface area (Å²) in [6.45, 7) is 0. The van der Waals surface area contributed by atoms with E-state index in [1.807, 2.05) is 0 Å². The Hall–Kier alpha value is -2.18. The molecule has 1 aliphatic rings. The van der Waals surface area contributed by atoms with Crippen LogP contribution in [0.1, 0.15) is 25.7 Å². The van der Waals surface area contributed by atoms with E-state index >= 15 is 0 Å². The van der Waals surface area contributed by atoms with Crippen LogP contribution in [0.2, 0.25) is 0 Å². The molecular weight excluding hydrogens is 258 g/mol. The lowest BCUT2D eigenvalue weighted by molar-refractivity contribution is -0.146. The van der Waals surface area contributed by atoms with Crippen molar-refractivity contribution >= 4 is 23.0 Å². The zero-order valence-corrected chi connectivity index (χ0v) is 11.3. The number of nitrogens with zero attached hydrogens (tertiary/aromatic N) is 3. The van der Waals surface area contributed by atoms with E-state index in [-0.39, 0.29) is 11.9 Å². The Kier molecular flexibility index (Phi) is 3.49. The van der Waals surface area contributed by atoms with Gasteiger partial charge in [-0.15, -0.1) is 0 Å². The molecular formula is C13H17N5O2. The maximum Gasteiger partial charge on any atom is 0.308 e. The molecule has 7 nitrogen and oxygen atoms in total. The molecule has 0 unspecified atom stereocenters. The largest absolute Gasteiger partial charge is 0.469 e. The molecule has 0 saturated heterocycles. The summed E-state index contributed by atoms with van der Waals surface area (Å²) in [6, 6.07) is 0.317. The number of nitrogens with one attached hydrogen (secondary N) is 2. The van der Waals surface area contributed by atoms with Crippen LogP contribution in [0, 0.1) is 5.92 Å². The minimum absolute atomic E-state index is 0.0376. The van der Waals surface area contributed by atoms with E-state index in [0.29, 0.717) is 11.7 Å². The van der Waals surface area contributed by atoms with Gasteiger partial charge in [0, 0.05) is 6.04 Å². The maximum absolute atomic E-state index is 11.5. The van der Waals surface area contributed by atoms with Crippen LogP contribution < -0.4 is 5.32 Å². The van der Waals surface area contributed by atoms with Gasteiger partial charge in [0.15, 0.2) is 11.5 Å². The number of hydrogen-bond donors (Lipinski definition) is 2. The molecule has 1 saturated carbocycles. The van der Waals surface area contributed by atoms with E-state index in [4.69, 9.17) is 4.74 Å². The lowest BCUT2D eigenvalue weighted by Crippen LogP contribution is -2.30. The number of H-pyrrole nitrogens is 1. The summed E-state index contributed by atoms with van der Waals surface area (Å²) < 4.78 is 4.80. The summed E-state index contributed by atoms with van der Waals surface area (Å²) >= 11 is 0. The Balaban J connectivity index is 1.65. The highest BCUT2D eigenvalue weighted by Gasteiger charge is 2.27. The number of carbonyl (C=O) groups is 1. The average molecular weight is 275 g/mol. The van der Waals surface area contributed by atoms with Crippen molar-refractivity contribution in [2.45, 2.75) is 31.7 Å². The molecule has 0 aliphatic heterocycles. The average Bonchev–Trinajstić information content (AvgIpc) is 2.97. The van der Waals surface area contributed by atoms with Crippen LogP contribution in [0.3, 0.4) is 0 Å². The number of hydrogen-bond acceptors (Lipinski definition) is 6. The number of aromatic amines is 1. The Morgan fingerprint density at radius 2 is 2.10 bits per heavy atom. The number of carbonyl (C=O) groups excluding carboxylic acids is 1. The van der Waals surface area contributed by atoms with Gasteiger partial charge < -0.3 is 15.0 Å². The predicted octanol–water partition coefficient (Wildman–Crippen LogP) is 1.50. The van der Waals surface area contributed by atoms with Gasteiger partial charge in [-0.1, -0.05) is 0 Å². The van der Waals surface area contributed by atoms with Crippen molar-refractivity contribution in [1.82, 2.24) is 19.9 Å². The van der Waals surface area contributed by atoms with Crippen molar-refractivity contribution in [2.75, 3.05) is 12.4 Å². The van der Waals surface area contributed by atoms with Gasteiger partial charge in [-0.2, -0.15) is 0 Å². The van der Waals surface area contributed by atoms with Crippen LogP contribution >= 0.6 is 0 Å². The summed E-state index contributed by atoms with van der Waals surface area (Å²) in [5.41, 5.74) is 1.48. The van der Waals surface area contributed by atoms with Gasteiger partial charge in [0.25, 0.3) is 0 Å². The second-order valence-corrected chi connectivity index (χ2v) is 5.04. The van der Waals surface area contributed by atoms with Gasteiger partial charge in [0.05, 0.1) is 19.4 Å². The molecule has 0 radical (unpaired) electrons. The van der Waals surface area contributed by atoms with E-state index < -0.39 is 0 Å². The summed E-state index contributed by atoms with van der Waals surface area (Å²) in [5.74, 6) is 0.714. The van der Waals surface area contributed by atoms with Gasteiger partial charge in [-0.3, -0.25) is 4.79 Å². The lowest BCUT2D eigenvalue weighted by Gasteiger charge is -2.27. The lowest BCUT2D eigenvalue weighted by atomic mass is 9.86. The first kappa shape index (κ1) is 12.8. The minimum Gasteiger partial charge on any atom is -0.469 e. The fourth-order valence-corrected chi connectivity index (χ4v) is 2.71. The zero-order chi connectivity index (χ0) is 13.9. The van der Waals surface area contributed by atoms with E-state index in [1.54, 1.807) is 6.33 Å². The molecule has 106 valence electrons. The fraction of sp³-hybridized carbons (Fsp3) is 0.538. The molecule has 0 amide bonds. The summed E-state index contributed by atoms with van der Waals surface area (Å²) in [4.78, 5) is 27.0. The topological polar surface area (TPSA) is 92.8 Å². The SMILES string of the molecule is COC(=O)C1CCC(Nc2ncnc3nc[nH]c23)CC1. The van der Waals surface area contributed by atoms with Gasteiger partial charge in [-0.25, -0.2) is 15.0 Å². The molecule has 0 bridgehead atoms.